The molecule has 4 rings (SSSR count). The quantitative estimate of drug-likeness (QED) is 0.514. The molecule has 1 amide bonds. The fraction of sp³-hybridized carbons (Fsp3) is 0.333. The molecule has 3 heterocycles. The molecule has 0 bridgehead atoms. The summed E-state index contributed by atoms with van der Waals surface area (Å²) in [6.07, 6.45) is -1.43. The van der Waals surface area contributed by atoms with E-state index in [0.29, 0.717) is 29.4 Å². The summed E-state index contributed by atoms with van der Waals surface area (Å²) in [5.41, 5.74) is 2.29. The Bertz CT molecular complexity index is 936. The van der Waals surface area contributed by atoms with Crippen LogP contribution in [-0.4, -0.2) is 51.7 Å². The van der Waals surface area contributed by atoms with Crippen molar-refractivity contribution in [2.45, 2.75) is 24.4 Å². The molecule has 28 heavy (non-hydrogen) atoms. The van der Waals surface area contributed by atoms with Crippen LogP contribution in [0.4, 0.5) is 4.79 Å². The van der Waals surface area contributed by atoms with E-state index < -0.39 is 12.2 Å². The largest absolute Gasteiger partial charge is 0.512 e. The standard InChI is InChI=1S/C18H17N5O4S/c1-9-8-28-16-13(14(24)23(16)15(9)27-18(25)26)22-17-20-7-12(21-17)11-4-2-10(6-19)3-5-11/h2-5,12-13,16H,7-8H2,1H3,(H,25,26)(H2,20,21,22)/t12?,13?,16-/m0/s1. The molecular weight excluding hydrogens is 382 g/mol. The molecule has 1 fully saturated rings. The number of aliphatic imine (C=N–C) groups is 1. The van der Waals surface area contributed by atoms with E-state index in [4.69, 9.17) is 15.1 Å². The molecule has 0 spiro atoms. The third kappa shape index (κ3) is 3.14. The molecule has 1 aromatic rings. The smallest absolute Gasteiger partial charge is 0.449 e. The van der Waals surface area contributed by atoms with Gasteiger partial charge in [0.25, 0.3) is 5.91 Å². The first-order valence-electron chi connectivity index (χ1n) is 8.61. The van der Waals surface area contributed by atoms with E-state index in [1.807, 2.05) is 12.1 Å². The van der Waals surface area contributed by atoms with Gasteiger partial charge in [-0.2, -0.15) is 5.26 Å². The summed E-state index contributed by atoms with van der Waals surface area (Å²) in [4.78, 5) is 29.4. The van der Waals surface area contributed by atoms with Gasteiger partial charge in [0.2, 0.25) is 5.88 Å². The molecule has 3 N–H and O–H groups in total. The van der Waals surface area contributed by atoms with Crippen molar-refractivity contribution in [3.63, 3.8) is 0 Å². The Hall–Kier alpha value is -3.19. The Kier molecular flexibility index (Phi) is 4.60. The molecule has 0 saturated carbocycles. The van der Waals surface area contributed by atoms with Gasteiger partial charge >= 0.3 is 6.16 Å². The number of carbonyl (C=O) groups excluding carboxylic acids is 1. The second-order valence-electron chi connectivity index (χ2n) is 6.59. The SMILES string of the molecule is CC1=C(OC(=O)O)N2C(=O)C(NC3=NC(c4ccc(C#N)cc4)CN3)[C@@H]2SC1. The molecule has 2 unspecified atom stereocenters. The number of benzene rings is 1. The number of carbonyl (C=O) groups is 2. The average Bonchev–Trinajstić information content (AvgIpc) is 3.16. The van der Waals surface area contributed by atoms with Crippen LogP contribution in [0.1, 0.15) is 24.1 Å². The molecule has 1 saturated heterocycles. The van der Waals surface area contributed by atoms with Crippen LogP contribution in [-0.2, 0) is 9.53 Å². The van der Waals surface area contributed by atoms with Gasteiger partial charge in [0, 0.05) is 12.3 Å². The lowest BCUT2D eigenvalue weighted by atomic mass is 10.1. The number of hydrogen-bond acceptors (Lipinski definition) is 8. The maximum absolute atomic E-state index is 12.6. The van der Waals surface area contributed by atoms with Crippen molar-refractivity contribution in [1.82, 2.24) is 15.5 Å². The third-order valence-corrected chi connectivity index (χ3v) is 6.17. The summed E-state index contributed by atoms with van der Waals surface area (Å²) >= 11 is 1.55. The molecule has 3 aliphatic heterocycles. The minimum absolute atomic E-state index is 0.103. The van der Waals surface area contributed by atoms with Gasteiger partial charge in [0.15, 0.2) is 5.96 Å². The second-order valence-corrected chi connectivity index (χ2v) is 7.70. The summed E-state index contributed by atoms with van der Waals surface area (Å²) in [5.74, 6) is 0.971. The lowest BCUT2D eigenvalue weighted by Gasteiger charge is -2.49. The van der Waals surface area contributed by atoms with Crippen LogP contribution >= 0.6 is 11.8 Å². The lowest BCUT2D eigenvalue weighted by Crippen LogP contribution is -2.70. The van der Waals surface area contributed by atoms with Crippen molar-refractivity contribution in [3.05, 3.63) is 46.8 Å². The van der Waals surface area contributed by atoms with Gasteiger partial charge in [-0.15, -0.1) is 11.8 Å². The summed E-state index contributed by atoms with van der Waals surface area (Å²) in [7, 11) is 0. The molecule has 0 radical (unpaired) electrons. The Balaban J connectivity index is 1.44. The zero-order chi connectivity index (χ0) is 19.8. The first-order chi connectivity index (χ1) is 13.5. The molecular formula is C18H17N5O4S. The molecule has 0 aromatic heterocycles. The van der Waals surface area contributed by atoms with E-state index in [-0.39, 0.29) is 23.2 Å². The number of nitriles is 1. The molecule has 144 valence electrons. The van der Waals surface area contributed by atoms with Crippen molar-refractivity contribution in [1.29, 1.82) is 5.26 Å². The zero-order valence-corrected chi connectivity index (χ0v) is 15.7. The summed E-state index contributed by atoms with van der Waals surface area (Å²) in [6.45, 7) is 2.34. The first-order valence-corrected chi connectivity index (χ1v) is 9.66. The predicted octanol–water partition coefficient (Wildman–Crippen LogP) is 1.36. The highest BCUT2D eigenvalue weighted by molar-refractivity contribution is 8.00. The summed E-state index contributed by atoms with van der Waals surface area (Å²) in [6, 6.07) is 8.72. The van der Waals surface area contributed by atoms with Gasteiger partial charge in [-0.3, -0.25) is 9.69 Å². The number of rotatable bonds is 3. The zero-order valence-electron chi connectivity index (χ0n) is 14.9. The number of amides is 1. The Labute approximate surface area is 165 Å². The fourth-order valence-corrected chi connectivity index (χ4v) is 4.60. The van der Waals surface area contributed by atoms with E-state index in [9.17, 15) is 9.59 Å². The van der Waals surface area contributed by atoms with Crippen LogP contribution in [0, 0.1) is 11.3 Å². The van der Waals surface area contributed by atoms with Crippen LogP contribution in [0.2, 0.25) is 0 Å². The second kappa shape index (κ2) is 7.09. The Morgan fingerprint density at radius 2 is 2.21 bits per heavy atom. The molecule has 10 heteroatoms. The normalized spacial score (nSPS) is 25.9. The number of nitrogens with one attached hydrogen (secondary N) is 2. The van der Waals surface area contributed by atoms with Crippen LogP contribution in [0.3, 0.4) is 0 Å². The van der Waals surface area contributed by atoms with Crippen molar-refractivity contribution in [2.75, 3.05) is 12.3 Å². The van der Waals surface area contributed by atoms with Gasteiger partial charge < -0.3 is 20.5 Å². The monoisotopic (exact) mass is 399 g/mol. The average molecular weight is 399 g/mol. The van der Waals surface area contributed by atoms with E-state index in [1.54, 1.807) is 30.8 Å². The molecule has 9 nitrogen and oxygen atoms in total. The van der Waals surface area contributed by atoms with Gasteiger partial charge in [-0.1, -0.05) is 12.1 Å². The molecule has 3 atom stereocenters. The number of ether oxygens (including phenoxy) is 1. The third-order valence-electron chi connectivity index (χ3n) is 4.75. The summed E-state index contributed by atoms with van der Waals surface area (Å²) < 4.78 is 4.81. The number of nitrogens with zero attached hydrogens (tertiary/aromatic N) is 3. The molecule has 0 aliphatic carbocycles. The van der Waals surface area contributed by atoms with E-state index >= 15 is 0 Å². The highest BCUT2D eigenvalue weighted by Gasteiger charge is 2.53. The van der Waals surface area contributed by atoms with Crippen molar-refractivity contribution < 1.29 is 19.4 Å². The van der Waals surface area contributed by atoms with E-state index in [0.717, 1.165) is 5.56 Å². The highest BCUT2D eigenvalue weighted by atomic mass is 32.2. The topological polar surface area (TPSA) is 127 Å². The number of hydrogen-bond donors (Lipinski definition) is 3. The van der Waals surface area contributed by atoms with Crippen LogP contribution in [0.25, 0.3) is 0 Å². The van der Waals surface area contributed by atoms with Crippen LogP contribution < -0.4 is 10.6 Å². The van der Waals surface area contributed by atoms with Crippen molar-refractivity contribution in [3.8, 4) is 6.07 Å². The van der Waals surface area contributed by atoms with Gasteiger partial charge in [0.1, 0.15) is 11.4 Å². The minimum Gasteiger partial charge on any atom is -0.449 e. The fourth-order valence-electron chi connectivity index (χ4n) is 3.33. The number of guanidine groups is 1. The van der Waals surface area contributed by atoms with Gasteiger partial charge in [0.05, 0.1) is 17.7 Å². The van der Waals surface area contributed by atoms with E-state index in [1.165, 1.54) is 4.90 Å². The maximum Gasteiger partial charge on any atom is 0.512 e. The Morgan fingerprint density at radius 3 is 2.89 bits per heavy atom. The van der Waals surface area contributed by atoms with Crippen molar-refractivity contribution >= 4 is 29.8 Å². The van der Waals surface area contributed by atoms with E-state index in [2.05, 4.69) is 21.7 Å². The number of fused-ring (bicyclic) bond motifs is 1. The van der Waals surface area contributed by atoms with Crippen LogP contribution in [0.15, 0.2) is 40.7 Å². The van der Waals surface area contributed by atoms with Gasteiger partial charge in [-0.25, -0.2) is 9.79 Å². The lowest BCUT2D eigenvalue weighted by molar-refractivity contribution is -0.145. The number of β-lactam (4-membered cyclic amide) rings is 1. The first kappa shape index (κ1) is 18.2. The Morgan fingerprint density at radius 1 is 1.46 bits per heavy atom. The maximum atomic E-state index is 12.6. The summed E-state index contributed by atoms with van der Waals surface area (Å²) in [5, 5.41) is 23.8. The number of thioether (sulfide) groups is 1. The van der Waals surface area contributed by atoms with Gasteiger partial charge in [-0.05, 0) is 30.2 Å². The molecule has 3 aliphatic rings. The molecule has 1 aromatic carbocycles. The van der Waals surface area contributed by atoms with Crippen LogP contribution in [0.5, 0.6) is 0 Å². The predicted molar refractivity (Wildman–Crippen MR) is 101 cm³/mol. The minimum atomic E-state index is -1.43. The highest BCUT2D eigenvalue weighted by Crippen LogP contribution is 2.40. The van der Waals surface area contributed by atoms with Crippen molar-refractivity contribution in [2.24, 2.45) is 4.99 Å². The number of carboxylic acid groups (broad SMARTS) is 1.